The van der Waals surface area contributed by atoms with E-state index in [1.54, 1.807) is 0 Å². The first-order chi connectivity index (χ1) is 6.86. The molecule has 0 aromatic heterocycles. The molecule has 1 N–H and O–H groups in total. The Morgan fingerprint density at radius 2 is 2.14 bits per heavy atom. The van der Waals surface area contributed by atoms with Gasteiger partial charge in [-0.05, 0) is 45.3 Å². The van der Waals surface area contributed by atoms with Crippen LogP contribution in [0, 0.1) is 0 Å². The zero-order valence-corrected chi connectivity index (χ0v) is 9.47. The first-order valence-electron chi connectivity index (χ1n) is 5.93. The van der Waals surface area contributed by atoms with Crippen LogP contribution in [-0.4, -0.2) is 37.1 Å². The first kappa shape index (κ1) is 11.7. The molecule has 0 aromatic rings. The Labute approximate surface area is 88.4 Å². The number of likely N-dealkylation sites (tertiary alicyclic amines) is 1. The molecule has 0 spiro atoms. The van der Waals surface area contributed by atoms with Gasteiger partial charge < -0.3 is 10.2 Å². The van der Waals surface area contributed by atoms with Gasteiger partial charge in [0, 0.05) is 12.6 Å². The molecule has 0 unspecified atom stereocenters. The fraction of sp³-hybridized carbons (Fsp3) is 0.833. The Morgan fingerprint density at radius 1 is 1.43 bits per heavy atom. The van der Waals surface area contributed by atoms with Crippen LogP contribution < -0.4 is 5.32 Å². The SMILES string of the molecule is C=CCCN1CCC(NCCC)CC1. The predicted molar refractivity (Wildman–Crippen MR) is 62.6 cm³/mol. The summed E-state index contributed by atoms with van der Waals surface area (Å²) in [6, 6.07) is 0.773. The van der Waals surface area contributed by atoms with E-state index in [1.807, 2.05) is 6.08 Å². The zero-order valence-electron chi connectivity index (χ0n) is 9.47. The summed E-state index contributed by atoms with van der Waals surface area (Å²) in [5.41, 5.74) is 0. The fourth-order valence-electron chi connectivity index (χ4n) is 1.98. The number of hydrogen-bond acceptors (Lipinski definition) is 2. The van der Waals surface area contributed by atoms with Crippen LogP contribution in [0.3, 0.4) is 0 Å². The van der Waals surface area contributed by atoms with Gasteiger partial charge in [-0.15, -0.1) is 6.58 Å². The molecule has 1 saturated heterocycles. The Balaban J connectivity index is 2.08. The quantitative estimate of drug-likeness (QED) is 0.654. The second-order valence-electron chi connectivity index (χ2n) is 4.15. The summed E-state index contributed by atoms with van der Waals surface area (Å²) in [4.78, 5) is 2.55. The first-order valence-corrected chi connectivity index (χ1v) is 5.93. The van der Waals surface area contributed by atoms with Gasteiger partial charge >= 0.3 is 0 Å². The maximum absolute atomic E-state index is 3.76. The largest absolute Gasteiger partial charge is 0.314 e. The molecule has 1 aliphatic rings. The number of nitrogens with zero attached hydrogens (tertiary/aromatic N) is 1. The average Bonchev–Trinajstić information content (AvgIpc) is 2.25. The Bertz CT molecular complexity index is 148. The van der Waals surface area contributed by atoms with Crippen LogP contribution in [-0.2, 0) is 0 Å². The van der Waals surface area contributed by atoms with Crippen LogP contribution in [0.25, 0.3) is 0 Å². The van der Waals surface area contributed by atoms with E-state index in [0.717, 1.165) is 12.5 Å². The molecule has 0 amide bonds. The second-order valence-corrected chi connectivity index (χ2v) is 4.15. The molecule has 0 radical (unpaired) electrons. The van der Waals surface area contributed by atoms with Crippen molar-refractivity contribution in [1.29, 1.82) is 0 Å². The van der Waals surface area contributed by atoms with Crippen molar-refractivity contribution < 1.29 is 0 Å². The van der Waals surface area contributed by atoms with Crippen LogP contribution >= 0.6 is 0 Å². The third-order valence-corrected chi connectivity index (χ3v) is 2.92. The summed E-state index contributed by atoms with van der Waals surface area (Å²) in [6.45, 7) is 10.9. The number of piperidine rings is 1. The van der Waals surface area contributed by atoms with Crippen molar-refractivity contribution in [2.75, 3.05) is 26.2 Å². The maximum atomic E-state index is 3.76. The van der Waals surface area contributed by atoms with Crippen LogP contribution in [0.5, 0.6) is 0 Å². The highest BCUT2D eigenvalue weighted by atomic mass is 15.1. The minimum absolute atomic E-state index is 0.773. The lowest BCUT2D eigenvalue weighted by Gasteiger charge is -2.32. The van der Waals surface area contributed by atoms with Gasteiger partial charge in [0.2, 0.25) is 0 Å². The molecule has 1 aliphatic heterocycles. The van der Waals surface area contributed by atoms with Crippen LogP contribution in [0.15, 0.2) is 12.7 Å². The van der Waals surface area contributed by atoms with Gasteiger partial charge in [-0.2, -0.15) is 0 Å². The van der Waals surface area contributed by atoms with Crippen LogP contribution in [0.2, 0.25) is 0 Å². The summed E-state index contributed by atoms with van der Waals surface area (Å²) in [5, 5.41) is 3.60. The van der Waals surface area contributed by atoms with E-state index >= 15 is 0 Å². The lowest BCUT2D eigenvalue weighted by atomic mass is 10.0. The molecule has 2 nitrogen and oxygen atoms in total. The molecule has 0 aliphatic carbocycles. The number of rotatable bonds is 6. The predicted octanol–water partition coefficient (Wildman–Crippen LogP) is 2.03. The molecule has 2 heteroatoms. The van der Waals surface area contributed by atoms with Crippen molar-refractivity contribution in [1.82, 2.24) is 10.2 Å². The lowest BCUT2D eigenvalue weighted by molar-refractivity contribution is 0.201. The van der Waals surface area contributed by atoms with Gasteiger partial charge in [0.05, 0.1) is 0 Å². The Hall–Kier alpha value is -0.340. The highest BCUT2D eigenvalue weighted by molar-refractivity contribution is 4.78. The van der Waals surface area contributed by atoms with E-state index in [9.17, 15) is 0 Å². The molecule has 0 aromatic carbocycles. The normalized spacial score (nSPS) is 19.8. The smallest absolute Gasteiger partial charge is 0.00914 e. The molecule has 14 heavy (non-hydrogen) atoms. The monoisotopic (exact) mass is 196 g/mol. The number of nitrogens with one attached hydrogen (secondary N) is 1. The third kappa shape index (κ3) is 4.25. The van der Waals surface area contributed by atoms with Gasteiger partial charge in [0.15, 0.2) is 0 Å². The average molecular weight is 196 g/mol. The Kier molecular flexibility index (Phi) is 5.88. The van der Waals surface area contributed by atoms with Crippen molar-refractivity contribution in [3.8, 4) is 0 Å². The van der Waals surface area contributed by atoms with Crippen molar-refractivity contribution in [3.63, 3.8) is 0 Å². The van der Waals surface area contributed by atoms with E-state index in [2.05, 4.69) is 23.7 Å². The van der Waals surface area contributed by atoms with Crippen molar-refractivity contribution in [2.24, 2.45) is 0 Å². The van der Waals surface area contributed by atoms with Gasteiger partial charge in [-0.1, -0.05) is 13.0 Å². The fourth-order valence-corrected chi connectivity index (χ4v) is 1.98. The van der Waals surface area contributed by atoms with Gasteiger partial charge in [0.25, 0.3) is 0 Å². The van der Waals surface area contributed by atoms with Gasteiger partial charge in [0.1, 0.15) is 0 Å². The molecule has 82 valence electrons. The summed E-state index contributed by atoms with van der Waals surface area (Å²) in [7, 11) is 0. The van der Waals surface area contributed by atoms with Crippen LogP contribution in [0.1, 0.15) is 32.6 Å². The molecule has 1 fully saturated rings. The molecular weight excluding hydrogens is 172 g/mol. The minimum atomic E-state index is 0.773. The van der Waals surface area contributed by atoms with Gasteiger partial charge in [-0.25, -0.2) is 0 Å². The topological polar surface area (TPSA) is 15.3 Å². The summed E-state index contributed by atoms with van der Waals surface area (Å²) in [6.07, 6.45) is 7.03. The molecule has 0 saturated carbocycles. The highest BCUT2D eigenvalue weighted by Crippen LogP contribution is 2.10. The Morgan fingerprint density at radius 3 is 2.71 bits per heavy atom. The molecule has 0 bridgehead atoms. The van der Waals surface area contributed by atoms with Gasteiger partial charge in [-0.3, -0.25) is 0 Å². The van der Waals surface area contributed by atoms with Crippen molar-refractivity contribution in [3.05, 3.63) is 12.7 Å². The highest BCUT2D eigenvalue weighted by Gasteiger charge is 2.17. The zero-order chi connectivity index (χ0) is 10.2. The number of hydrogen-bond donors (Lipinski definition) is 1. The van der Waals surface area contributed by atoms with Crippen LogP contribution in [0.4, 0.5) is 0 Å². The maximum Gasteiger partial charge on any atom is 0.00914 e. The van der Waals surface area contributed by atoms with Crippen molar-refractivity contribution in [2.45, 2.75) is 38.6 Å². The standard InChI is InChI=1S/C12H24N2/c1-3-5-9-14-10-6-12(7-11-14)13-8-4-2/h3,12-13H,1,4-11H2,2H3. The third-order valence-electron chi connectivity index (χ3n) is 2.92. The molecule has 1 heterocycles. The molecular formula is C12H24N2. The van der Waals surface area contributed by atoms with E-state index in [4.69, 9.17) is 0 Å². The molecule has 0 atom stereocenters. The second kappa shape index (κ2) is 7.02. The summed E-state index contributed by atoms with van der Waals surface area (Å²) < 4.78 is 0. The van der Waals surface area contributed by atoms with E-state index < -0.39 is 0 Å². The minimum Gasteiger partial charge on any atom is -0.314 e. The summed E-state index contributed by atoms with van der Waals surface area (Å²) in [5.74, 6) is 0. The molecule has 1 rings (SSSR count). The van der Waals surface area contributed by atoms with E-state index in [-0.39, 0.29) is 0 Å². The van der Waals surface area contributed by atoms with Crippen molar-refractivity contribution >= 4 is 0 Å². The lowest BCUT2D eigenvalue weighted by Crippen LogP contribution is -2.42. The van der Waals surface area contributed by atoms with E-state index in [0.29, 0.717) is 0 Å². The summed E-state index contributed by atoms with van der Waals surface area (Å²) >= 11 is 0. The van der Waals surface area contributed by atoms with E-state index in [1.165, 1.54) is 45.4 Å².